The molecule has 0 bridgehead atoms. The van der Waals surface area contributed by atoms with Crippen molar-refractivity contribution in [1.29, 1.82) is 0 Å². The summed E-state index contributed by atoms with van der Waals surface area (Å²) in [4.78, 5) is 18.2. The van der Waals surface area contributed by atoms with Crippen molar-refractivity contribution in [3.63, 3.8) is 0 Å². The largest absolute Gasteiger partial charge is 0.510 e. The molecule has 0 radical (unpaired) electrons. The first-order valence-corrected chi connectivity index (χ1v) is 7.99. The standard InChI is InChI=1S/C19H20N2O3/c1-2-23-19(22)24-18-17(16-11-7-4-8-12-16)21(14-20-18)13-15-9-5-3-6-10-15/h3-12,14,17-18H,2,13H2,1H3. The number of hydrogen-bond acceptors (Lipinski definition) is 5. The number of rotatable bonds is 5. The maximum absolute atomic E-state index is 11.7. The van der Waals surface area contributed by atoms with Crippen LogP contribution in [0, 0.1) is 0 Å². The minimum Gasteiger partial charge on any atom is -0.435 e. The summed E-state index contributed by atoms with van der Waals surface area (Å²) in [6.07, 6.45) is 0.437. The number of nitrogens with zero attached hydrogens (tertiary/aromatic N) is 2. The highest BCUT2D eigenvalue weighted by molar-refractivity contribution is 5.63. The fraction of sp³-hybridized carbons (Fsp3) is 0.263. The van der Waals surface area contributed by atoms with Crippen LogP contribution in [0.15, 0.2) is 65.7 Å². The van der Waals surface area contributed by atoms with Gasteiger partial charge in [-0.3, -0.25) is 0 Å². The van der Waals surface area contributed by atoms with Crippen LogP contribution in [0.1, 0.15) is 24.1 Å². The predicted octanol–water partition coefficient (Wildman–Crippen LogP) is 3.77. The summed E-state index contributed by atoms with van der Waals surface area (Å²) >= 11 is 0. The van der Waals surface area contributed by atoms with Crippen molar-refractivity contribution in [2.45, 2.75) is 25.7 Å². The summed E-state index contributed by atoms with van der Waals surface area (Å²) in [6, 6.07) is 19.9. The van der Waals surface area contributed by atoms with E-state index in [-0.39, 0.29) is 12.6 Å². The van der Waals surface area contributed by atoms with Crippen LogP contribution in [0.25, 0.3) is 0 Å². The molecule has 2 aromatic rings. The van der Waals surface area contributed by atoms with Gasteiger partial charge in [0.2, 0.25) is 6.23 Å². The van der Waals surface area contributed by atoms with Crippen LogP contribution >= 0.6 is 0 Å². The second-order valence-electron chi connectivity index (χ2n) is 5.47. The van der Waals surface area contributed by atoms with Gasteiger partial charge in [-0.1, -0.05) is 60.7 Å². The SMILES string of the molecule is CCOC(=O)OC1N=CN(Cc2ccccc2)C1c1ccccc1. The van der Waals surface area contributed by atoms with Crippen molar-refractivity contribution >= 4 is 12.5 Å². The van der Waals surface area contributed by atoms with E-state index >= 15 is 0 Å². The summed E-state index contributed by atoms with van der Waals surface area (Å²) in [7, 11) is 0. The lowest BCUT2D eigenvalue weighted by molar-refractivity contribution is 0.0102. The molecule has 0 spiro atoms. The zero-order valence-corrected chi connectivity index (χ0v) is 13.5. The smallest absolute Gasteiger partial charge is 0.435 e. The van der Waals surface area contributed by atoms with E-state index in [1.807, 2.05) is 48.5 Å². The van der Waals surface area contributed by atoms with E-state index in [9.17, 15) is 4.79 Å². The maximum Gasteiger partial charge on any atom is 0.510 e. The Morgan fingerprint density at radius 3 is 2.42 bits per heavy atom. The Morgan fingerprint density at radius 1 is 1.08 bits per heavy atom. The van der Waals surface area contributed by atoms with Crippen molar-refractivity contribution in [2.24, 2.45) is 4.99 Å². The van der Waals surface area contributed by atoms with Crippen molar-refractivity contribution < 1.29 is 14.3 Å². The van der Waals surface area contributed by atoms with E-state index in [0.29, 0.717) is 6.54 Å². The first-order chi connectivity index (χ1) is 11.8. The highest BCUT2D eigenvalue weighted by Gasteiger charge is 2.35. The number of ether oxygens (including phenoxy) is 2. The normalized spacial score (nSPS) is 19.3. The highest BCUT2D eigenvalue weighted by atomic mass is 16.7. The fourth-order valence-electron chi connectivity index (χ4n) is 2.75. The number of carbonyl (C=O) groups excluding carboxylic acids is 1. The monoisotopic (exact) mass is 324 g/mol. The van der Waals surface area contributed by atoms with Gasteiger partial charge in [-0.25, -0.2) is 9.79 Å². The molecule has 0 aromatic heterocycles. The lowest BCUT2D eigenvalue weighted by Crippen LogP contribution is -2.31. The molecular weight excluding hydrogens is 304 g/mol. The van der Waals surface area contributed by atoms with Crippen molar-refractivity contribution in [1.82, 2.24) is 4.90 Å². The van der Waals surface area contributed by atoms with Gasteiger partial charge in [0.1, 0.15) is 6.04 Å². The lowest BCUT2D eigenvalue weighted by atomic mass is 10.0. The number of carbonyl (C=O) groups is 1. The first-order valence-electron chi connectivity index (χ1n) is 7.99. The van der Waals surface area contributed by atoms with Gasteiger partial charge in [-0.15, -0.1) is 0 Å². The van der Waals surface area contributed by atoms with E-state index in [0.717, 1.165) is 5.56 Å². The lowest BCUT2D eigenvalue weighted by Gasteiger charge is -2.28. The van der Waals surface area contributed by atoms with Gasteiger partial charge in [0.05, 0.1) is 12.9 Å². The first kappa shape index (κ1) is 16.1. The fourth-order valence-corrected chi connectivity index (χ4v) is 2.75. The topological polar surface area (TPSA) is 51.1 Å². The number of benzene rings is 2. The molecule has 0 fully saturated rings. The average Bonchev–Trinajstić information content (AvgIpc) is 2.99. The van der Waals surface area contributed by atoms with Gasteiger partial charge in [0, 0.05) is 6.54 Å². The van der Waals surface area contributed by atoms with Crippen molar-refractivity contribution in [2.75, 3.05) is 6.61 Å². The molecule has 5 heteroatoms. The summed E-state index contributed by atoms with van der Waals surface area (Å²) in [5.74, 6) is 0. The second kappa shape index (κ2) is 7.64. The van der Waals surface area contributed by atoms with Crippen LogP contribution in [0.4, 0.5) is 4.79 Å². The van der Waals surface area contributed by atoms with Crippen LogP contribution in [0.2, 0.25) is 0 Å². The molecule has 124 valence electrons. The van der Waals surface area contributed by atoms with Gasteiger partial charge in [-0.05, 0) is 18.1 Å². The van der Waals surface area contributed by atoms with Crippen LogP contribution in [0.5, 0.6) is 0 Å². The second-order valence-corrected chi connectivity index (χ2v) is 5.47. The molecule has 1 aliphatic rings. The minimum atomic E-state index is -0.692. The maximum atomic E-state index is 11.7. The zero-order valence-electron chi connectivity index (χ0n) is 13.5. The van der Waals surface area contributed by atoms with Crippen molar-refractivity contribution in [3.05, 3.63) is 71.8 Å². The zero-order chi connectivity index (χ0) is 16.8. The highest BCUT2D eigenvalue weighted by Crippen LogP contribution is 2.32. The molecule has 0 saturated heterocycles. The molecule has 3 rings (SSSR count). The van der Waals surface area contributed by atoms with Crippen LogP contribution in [-0.2, 0) is 16.0 Å². The molecule has 0 N–H and O–H groups in total. The molecule has 24 heavy (non-hydrogen) atoms. The van der Waals surface area contributed by atoms with Crippen molar-refractivity contribution in [3.8, 4) is 0 Å². The Hall–Kier alpha value is -2.82. The molecule has 1 aliphatic heterocycles. The summed E-state index contributed by atoms with van der Waals surface area (Å²) < 4.78 is 10.3. The van der Waals surface area contributed by atoms with Gasteiger partial charge < -0.3 is 14.4 Å². The molecule has 2 atom stereocenters. The van der Waals surface area contributed by atoms with Crippen LogP contribution in [0.3, 0.4) is 0 Å². The van der Waals surface area contributed by atoms with Gasteiger partial charge >= 0.3 is 6.16 Å². The molecule has 1 heterocycles. The van der Waals surface area contributed by atoms with Gasteiger partial charge in [0.25, 0.3) is 0 Å². The molecule has 0 amide bonds. The van der Waals surface area contributed by atoms with E-state index in [4.69, 9.17) is 9.47 Å². The third kappa shape index (κ3) is 3.74. The van der Waals surface area contributed by atoms with E-state index in [2.05, 4.69) is 22.0 Å². The molecular formula is C19H20N2O3. The third-order valence-corrected chi connectivity index (χ3v) is 3.82. The van der Waals surface area contributed by atoms with Crippen LogP contribution in [-0.4, -0.2) is 30.2 Å². The van der Waals surface area contributed by atoms with E-state index in [1.54, 1.807) is 13.3 Å². The Balaban J connectivity index is 1.80. The Bertz CT molecular complexity index is 688. The molecule has 2 unspecified atom stereocenters. The summed E-state index contributed by atoms with van der Waals surface area (Å²) in [5.41, 5.74) is 2.21. The molecule has 5 nitrogen and oxygen atoms in total. The summed E-state index contributed by atoms with van der Waals surface area (Å²) in [6.45, 7) is 2.71. The van der Waals surface area contributed by atoms with Gasteiger partial charge in [0.15, 0.2) is 0 Å². The predicted molar refractivity (Wildman–Crippen MR) is 91.6 cm³/mol. The number of aliphatic imine (C=N–C) groups is 1. The third-order valence-electron chi connectivity index (χ3n) is 3.82. The van der Waals surface area contributed by atoms with E-state index in [1.165, 1.54) is 5.56 Å². The molecule has 0 aliphatic carbocycles. The molecule has 2 aromatic carbocycles. The van der Waals surface area contributed by atoms with Gasteiger partial charge in [-0.2, -0.15) is 0 Å². The Labute approximate surface area is 141 Å². The average molecular weight is 324 g/mol. The Kier molecular flexibility index (Phi) is 5.11. The molecule has 0 saturated carbocycles. The van der Waals surface area contributed by atoms with E-state index < -0.39 is 12.4 Å². The summed E-state index contributed by atoms with van der Waals surface area (Å²) in [5, 5.41) is 0. The Morgan fingerprint density at radius 2 is 1.75 bits per heavy atom. The van der Waals surface area contributed by atoms with Crippen LogP contribution < -0.4 is 0 Å². The quantitative estimate of drug-likeness (QED) is 0.786. The minimum absolute atomic E-state index is 0.171. The number of hydrogen-bond donors (Lipinski definition) is 0.